The van der Waals surface area contributed by atoms with Gasteiger partial charge in [-0.3, -0.25) is 0 Å². The van der Waals surface area contributed by atoms with Crippen LogP contribution < -0.4 is 5.73 Å². The van der Waals surface area contributed by atoms with Gasteiger partial charge in [-0.2, -0.15) is 12.6 Å². The van der Waals surface area contributed by atoms with Crippen molar-refractivity contribution in [2.75, 3.05) is 5.75 Å². The van der Waals surface area contributed by atoms with Gasteiger partial charge in [0.1, 0.15) is 5.75 Å². The molecule has 0 aromatic heterocycles. The summed E-state index contributed by atoms with van der Waals surface area (Å²) in [6, 6.07) is 7.56. The quantitative estimate of drug-likeness (QED) is 0.588. The van der Waals surface area contributed by atoms with Gasteiger partial charge in [-0.15, -0.1) is 0 Å². The summed E-state index contributed by atoms with van der Waals surface area (Å²) in [5, 5.41) is 9.02. The van der Waals surface area contributed by atoms with Crippen molar-refractivity contribution in [3.8, 4) is 5.75 Å². The van der Waals surface area contributed by atoms with E-state index < -0.39 is 0 Å². The highest BCUT2D eigenvalue weighted by molar-refractivity contribution is 7.80. The fourth-order valence-corrected chi connectivity index (χ4v) is 1.16. The van der Waals surface area contributed by atoms with E-state index in [9.17, 15) is 0 Å². The standard InChI is InChI=1S/C9H13NOS/c10-8(6-12)5-7-1-3-9(11)4-2-7/h1-4,8,11-12H,5-6,10H2/p+1. The lowest BCUT2D eigenvalue weighted by atomic mass is 10.1. The Morgan fingerprint density at radius 2 is 1.92 bits per heavy atom. The Labute approximate surface area is 77.8 Å². The van der Waals surface area contributed by atoms with E-state index in [1.165, 1.54) is 5.56 Å². The average molecular weight is 184 g/mol. The Hall–Kier alpha value is -0.670. The van der Waals surface area contributed by atoms with Crippen molar-refractivity contribution in [1.82, 2.24) is 0 Å². The monoisotopic (exact) mass is 184 g/mol. The topological polar surface area (TPSA) is 47.9 Å². The van der Waals surface area contributed by atoms with E-state index in [2.05, 4.69) is 18.4 Å². The molecule has 1 rings (SSSR count). The summed E-state index contributed by atoms with van der Waals surface area (Å²) in [5.74, 6) is 1.10. The van der Waals surface area contributed by atoms with E-state index in [4.69, 9.17) is 5.11 Å². The second-order valence-corrected chi connectivity index (χ2v) is 3.28. The number of rotatable bonds is 3. The Bertz CT molecular complexity index is 235. The van der Waals surface area contributed by atoms with Crippen molar-refractivity contribution in [3.05, 3.63) is 29.8 Å². The zero-order valence-corrected chi connectivity index (χ0v) is 7.80. The van der Waals surface area contributed by atoms with Gasteiger partial charge in [0.05, 0.1) is 6.04 Å². The van der Waals surface area contributed by atoms with Gasteiger partial charge in [-0.25, -0.2) is 0 Å². The van der Waals surface area contributed by atoms with Gasteiger partial charge in [-0.1, -0.05) is 12.1 Å². The highest BCUT2D eigenvalue weighted by Gasteiger charge is 2.04. The third kappa shape index (κ3) is 2.75. The van der Waals surface area contributed by atoms with Crippen LogP contribution in [0.2, 0.25) is 0 Å². The minimum absolute atomic E-state index is 0.310. The fourth-order valence-electron chi connectivity index (χ4n) is 1.03. The molecule has 0 saturated heterocycles. The molecular formula is C9H14NOS+. The molecule has 0 amide bonds. The molecule has 0 saturated carbocycles. The summed E-state index contributed by atoms with van der Waals surface area (Å²) in [6.45, 7) is 0. The van der Waals surface area contributed by atoms with Crippen molar-refractivity contribution >= 4 is 12.6 Å². The van der Waals surface area contributed by atoms with E-state index in [1.807, 2.05) is 12.1 Å². The summed E-state index contributed by atoms with van der Waals surface area (Å²) in [7, 11) is 0. The Balaban J connectivity index is 2.58. The van der Waals surface area contributed by atoms with E-state index in [0.717, 1.165) is 12.2 Å². The Morgan fingerprint density at radius 3 is 2.42 bits per heavy atom. The number of quaternary nitrogens is 1. The van der Waals surface area contributed by atoms with Crippen LogP contribution in [0.4, 0.5) is 0 Å². The van der Waals surface area contributed by atoms with Crippen LogP contribution in [0.1, 0.15) is 5.56 Å². The number of phenolic OH excluding ortho intramolecular Hbond substituents is 1. The molecule has 0 aliphatic carbocycles. The highest BCUT2D eigenvalue weighted by Crippen LogP contribution is 2.10. The average Bonchev–Trinajstić information content (AvgIpc) is 2.09. The molecule has 0 bridgehead atoms. The largest absolute Gasteiger partial charge is 0.508 e. The lowest BCUT2D eigenvalue weighted by Crippen LogP contribution is -2.63. The lowest BCUT2D eigenvalue weighted by molar-refractivity contribution is -0.411. The molecule has 66 valence electrons. The van der Waals surface area contributed by atoms with Crippen molar-refractivity contribution < 1.29 is 10.8 Å². The summed E-state index contributed by atoms with van der Waals surface area (Å²) in [4.78, 5) is 0. The minimum Gasteiger partial charge on any atom is -0.508 e. The van der Waals surface area contributed by atoms with Crippen LogP contribution in [0.5, 0.6) is 5.75 Å². The molecule has 0 radical (unpaired) electrons. The number of hydrogen-bond acceptors (Lipinski definition) is 2. The summed E-state index contributed by atoms with van der Waals surface area (Å²) in [5.41, 5.74) is 5.13. The van der Waals surface area contributed by atoms with Crippen molar-refractivity contribution in [3.63, 3.8) is 0 Å². The maximum atomic E-state index is 9.02. The Kier molecular flexibility index (Phi) is 3.44. The summed E-state index contributed by atoms with van der Waals surface area (Å²) in [6.07, 6.45) is 0.920. The van der Waals surface area contributed by atoms with Gasteiger partial charge in [0.25, 0.3) is 0 Å². The van der Waals surface area contributed by atoms with Crippen LogP contribution in [0.25, 0.3) is 0 Å². The second kappa shape index (κ2) is 4.38. The van der Waals surface area contributed by atoms with Gasteiger partial charge in [0, 0.05) is 12.2 Å². The SMILES string of the molecule is [NH3+]C(CS)Cc1ccc(O)cc1. The van der Waals surface area contributed by atoms with Gasteiger partial charge in [-0.05, 0) is 17.7 Å². The number of hydrogen-bond donors (Lipinski definition) is 3. The van der Waals surface area contributed by atoms with E-state index in [0.29, 0.717) is 11.8 Å². The molecule has 3 heteroatoms. The molecule has 4 N–H and O–H groups in total. The molecule has 1 unspecified atom stereocenters. The minimum atomic E-state index is 0.310. The molecule has 1 aromatic carbocycles. The zero-order valence-electron chi connectivity index (χ0n) is 6.90. The van der Waals surface area contributed by atoms with Gasteiger partial charge in [0.2, 0.25) is 0 Å². The molecular weight excluding hydrogens is 170 g/mol. The maximum Gasteiger partial charge on any atom is 0.115 e. The van der Waals surface area contributed by atoms with Crippen molar-refractivity contribution in [1.29, 1.82) is 0 Å². The lowest BCUT2D eigenvalue weighted by Gasteiger charge is -2.04. The third-order valence-corrected chi connectivity index (χ3v) is 2.24. The number of phenols is 1. The number of aromatic hydroxyl groups is 1. The molecule has 0 fully saturated rings. The third-order valence-electron chi connectivity index (χ3n) is 1.72. The number of benzene rings is 1. The van der Waals surface area contributed by atoms with Crippen LogP contribution in [-0.4, -0.2) is 16.9 Å². The summed E-state index contributed by atoms with van der Waals surface area (Å²) >= 11 is 4.15. The molecule has 1 atom stereocenters. The Morgan fingerprint density at radius 1 is 1.33 bits per heavy atom. The van der Waals surface area contributed by atoms with Gasteiger partial charge < -0.3 is 10.8 Å². The van der Waals surface area contributed by atoms with Gasteiger partial charge in [0.15, 0.2) is 0 Å². The first kappa shape index (κ1) is 9.42. The van der Waals surface area contributed by atoms with Crippen LogP contribution >= 0.6 is 12.6 Å². The predicted molar refractivity (Wildman–Crippen MR) is 52.3 cm³/mol. The van der Waals surface area contributed by atoms with Crippen molar-refractivity contribution in [2.24, 2.45) is 0 Å². The first-order valence-corrected chi connectivity index (χ1v) is 4.57. The second-order valence-electron chi connectivity index (χ2n) is 2.92. The maximum absolute atomic E-state index is 9.02. The normalized spacial score (nSPS) is 12.8. The van der Waals surface area contributed by atoms with Crippen LogP contribution in [-0.2, 0) is 6.42 Å². The van der Waals surface area contributed by atoms with E-state index in [-0.39, 0.29) is 0 Å². The summed E-state index contributed by atoms with van der Waals surface area (Å²) < 4.78 is 0. The first-order valence-electron chi connectivity index (χ1n) is 3.94. The van der Waals surface area contributed by atoms with Crippen LogP contribution in [0.15, 0.2) is 24.3 Å². The highest BCUT2D eigenvalue weighted by atomic mass is 32.1. The molecule has 0 spiro atoms. The first-order chi connectivity index (χ1) is 5.72. The molecule has 0 heterocycles. The zero-order chi connectivity index (χ0) is 8.97. The van der Waals surface area contributed by atoms with E-state index >= 15 is 0 Å². The van der Waals surface area contributed by atoms with Crippen molar-refractivity contribution in [2.45, 2.75) is 12.5 Å². The predicted octanol–water partition coefficient (Wildman–Crippen LogP) is 0.475. The number of thiol groups is 1. The van der Waals surface area contributed by atoms with Crippen LogP contribution in [0, 0.1) is 0 Å². The molecule has 12 heavy (non-hydrogen) atoms. The smallest absolute Gasteiger partial charge is 0.115 e. The van der Waals surface area contributed by atoms with Crippen LogP contribution in [0.3, 0.4) is 0 Å². The molecule has 0 aliphatic rings. The van der Waals surface area contributed by atoms with E-state index in [1.54, 1.807) is 12.1 Å². The molecule has 0 aliphatic heterocycles. The molecule has 1 aromatic rings. The molecule has 2 nitrogen and oxygen atoms in total. The fraction of sp³-hybridized carbons (Fsp3) is 0.333. The van der Waals surface area contributed by atoms with Gasteiger partial charge >= 0.3 is 0 Å².